The molecule has 1 amide bonds. The highest BCUT2D eigenvalue weighted by atomic mass is 127. The van der Waals surface area contributed by atoms with Gasteiger partial charge in [0.25, 0.3) is 5.91 Å². The van der Waals surface area contributed by atoms with Crippen molar-refractivity contribution in [3.63, 3.8) is 0 Å². The van der Waals surface area contributed by atoms with E-state index in [-0.39, 0.29) is 42.1 Å². The van der Waals surface area contributed by atoms with Crippen LogP contribution in [0.15, 0.2) is 53.5 Å². The van der Waals surface area contributed by atoms with E-state index in [2.05, 4.69) is 15.6 Å². The van der Waals surface area contributed by atoms with Crippen molar-refractivity contribution in [1.82, 2.24) is 5.32 Å². The number of hydrogen-bond donors (Lipinski definition) is 3. The number of nitrogens with zero attached hydrogens (tertiary/aromatic N) is 1. The number of hydrogen-bond acceptors (Lipinski definition) is 4. The van der Waals surface area contributed by atoms with Gasteiger partial charge >= 0.3 is 0 Å². The van der Waals surface area contributed by atoms with Gasteiger partial charge in [0.15, 0.2) is 5.96 Å². The smallest absolute Gasteiger partial charge is 0.251 e. The molecule has 2 aromatic carbocycles. The Balaban J connectivity index is 0.00000341. The Labute approximate surface area is 200 Å². The Hall–Kier alpha value is -2.33. The molecule has 0 saturated carbocycles. The SMILES string of the molecule is CC(C)Oc1ccc(NC(N)=NCc2cccc(C(=O)NCC3CCCO3)c2)cc1.I. The molecule has 3 rings (SSSR count). The first kappa shape index (κ1) is 24.9. The van der Waals surface area contributed by atoms with E-state index in [1.807, 2.05) is 56.3 Å². The molecule has 8 heteroatoms. The van der Waals surface area contributed by atoms with Crippen molar-refractivity contribution in [1.29, 1.82) is 0 Å². The van der Waals surface area contributed by atoms with Crippen molar-refractivity contribution in [3.05, 3.63) is 59.7 Å². The summed E-state index contributed by atoms with van der Waals surface area (Å²) in [6, 6.07) is 14.9. The number of benzene rings is 2. The van der Waals surface area contributed by atoms with Crippen molar-refractivity contribution in [2.24, 2.45) is 10.7 Å². The fourth-order valence-corrected chi connectivity index (χ4v) is 3.18. The standard InChI is InChI=1S/C23H30N4O3.HI/c1-16(2)30-20-10-8-19(9-11-20)27-23(24)26-14-17-5-3-6-18(13-17)22(28)25-15-21-7-4-12-29-21;/h3,5-6,8-11,13,16,21H,4,7,12,14-15H2,1-2H3,(H,25,28)(H3,24,26,27);1H. The molecule has 0 spiro atoms. The van der Waals surface area contributed by atoms with E-state index in [4.69, 9.17) is 15.2 Å². The molecule has 31 heavy (non-hydrogen) atoms. The van der Waals surface area contributed by atoms with Crippen molar-refractivity contribution in [2.75, 3.05) is 18.5 Å². The molecule has 2 aromatic rings. The zero-order valence-electron chi connectivity index (χ0n) is 18.0. The van der Waals surface area contributed by atoms with Crippen LogP contribution in [0.3, 0.4) is 0 Å². The Morgan fingerprint density at radius 2 is 2.03 bits per heavy atom. The molecule has 1 fully saturated rings. The maximum atomic E-state index is 12.4. The van der Waals surface area contributed by atoms with Crippen LogP contribution in [-0.4, -0.2) is 37.2 Å². The van der Waals surface area contributed by atoms with Gasteiger partial charge in [0.2, 0.25) is 0 Å². The van der Waals surface area contributed by atoms with Crippen LogP contribution < -0.4 is 21.1 Å². The molecule has 1 atom stereocenters. The summed E-state index contributed by atoms with van der Waals surface area (Å²) in [4.78, 5) is 16.7. The Morgan fingerprint density at radius 1 is 1.26 bits per heavy atom. The Morgan fingerprint density at radius 3 is 2.71 bits per heavy atom. The molecular formula is C23H31IN4O3. The average Bonchev–Trinajstić information content (AvgIpc) is 3.25. The number of aliphatic imine (C=N–C) groups is 1. The lowest BCUT2D eigenvalue weighted by Gasteiger charge is -2.11. The number of carbonyl (C=O) groups excluding carboxylic acids is 1. The second-order valence-electron chi connectivity index (χ2n) is 7.56. The maximum absolute atomic E-state index is 12.4. The summed E-state index contributed by atoms with van der Waals surface area (Å²) in [5, 5.41) is 6.00. The van der Waals surface area contributed by atoms with Gasteiger partial charge in [0.05, 0.1) is 18.8 Å². The van der Waals surface area contributed by atoms with E-state index in [1.165, 1.54) is 0 Å². The highest BCUT2D eigenvalue weighted by Gasteiger charge is 2.16. The van der Waals surface area contributed by atoms with Gasteiger partial charge in [-0.05, 0) is 68.7 Å². The van der Waals surface area contributed by atoms with Crippen molar-refractivity contribution < 1.29 is 14.3 Å². The van der Waals surface area contributed by atoms with Gasteiger partial charge in [-0.25, -0.2) is 4.99 Å². The first-order valence-electron chi connectivity index (χ1n) is 10.3. The van der Waals surface area contributed by atoms with Crippen molar-refractivity contribution in [3.8, 4) is 5.75 Å². The quantitative estimate of drug-likeness (QED) is 0.269. The number of halogens is 1. The summed E-state index contributed by atoms with van der Waals surface area (Å²) in [7, 11) is 0. The fraction of sp³-hybridized carbons (Fsp3) is 0.391. The van der Waals surface area contributed by atoms with Crippen LogP contribution in [0.1, 0.15) is 42.6 Å². The van der Waals surface area contributed by atoms with Crippen LogP contribution in [0.5, 0.6) is 5.75 Å². The number of rotatable bonds is 8. The third-order valence-electron chi connectivity index (χ3n) is 4.63. The summed E-state index contributed by atoms with van der Waals surface area (Å²) in [5.41, 5.74) is 8.34. The van der Waals surface area contributed by atoms with Crippen LogP contribution in [0.25, 0.3) is 0 Å². The lowest BCUT2D eigenvalue weighted by molar-refractivity contribution is 0.0857. The molecule has 0 radical (unpaired) electrons. The molecule has 168 valence electrons. The van der Waals surface area contributed by atoms with Crippen LogP contribution >= 0.6 is 24.0 Å². The van der Waals surface area contributed by atoms with Crippen LogP contribution in [0.2, 0.25) is 0 Å². The number of ether oxygens (including phenoxy) is 2. The number of nitrogens with one attached hydrogen (secondary N) is 2. The van der Waals surface area contributed by atoms with Gasteiger partial charge in [-0.1, -0.05) is 12.1 Å². The molecule has 0 aliphatic carbocycles. The molecule has 0 bridgehead atoms. The predicted octanol–water partition coefficient (Wildman–Crippen LogP) is 3.93. The molecule has 1 heterocycles. The van der Waals surface area contributed by atoms with E-state index in [9.17, 15) is 4.79 Å². The van der Waals surface area contributed by atoms with Crippen LogP contribution in [0.4, 0.5) is 5.69 Å². The molecule has 1 aliphatic heterocycles. The molecule has 1 aliphatic rings. The summed E-state index contributed by atoms with van der Waals surface area (Å²) < 4.78 is 11.2. The summed E-state index contributed by atoms with van der Waals surface area (Å²) in [6.45, 7) is 5.66. The minimum Gasteiger partial charge on any atom is -0.491 e. The summed E-state index contributed by atoms with van der Waals surface area (Å²) >= 11 is 0. The topological polar surface area (TPSA) is 98.0 Å². The van der Waals surface area contributed by atoms with E-state index in [0.29, 0.717) is 24.6 Å². The normalized spacial score (nSPS) is 16.0. The molecular weight excluding hydrogens is 507 g/mol. The molecule has 7 nitrogen and oxygen atoms in total. The van der Waals surface area contributed by atoms with Crippen LogP contribution in [0, 0.1) is 0 Å². The van der Waals surface area contributed by atoms with E-state index >= 15 is 0 Å². The van der Waals surface area contributed by atoms with E-state index in [1.54, 1.807) is 6.07 Å². The van der Waals surface area contributed by atoms with Gasteiger partial charge < -0.3 is 25.8 Å². The second kappa shape index (κ2) is 12.5. The zero-order chi connectivity index (χ0) is 21.3. The van der Waals surface area contributed by atoms with Crippen LogP contribution in [-0.2, 0) is 11.3 Å². The molecule has 1 unspecified atom stereocenters. The van der Waals surface area contributed by atoms with E-state index < -0.39 is 0 Å². The maximum Gasteiger partial charge on any atom is 0.251 e. The van der Waals surface area contributed by atoms with Crippen molar-refractivity contribution in [2.45, 2.75) is 45.4 Å². The Kier molecular flexibility index (Phi) is 10.1. The summed E-state index contributed by atoms with van der Waals surface area (Å²) in [6.07, 6.45) is 2.30. The monoisotopic (exact) mass is 538 g/mol. The van der Waals surface area contributed by atoms with Gasteiger partial charge in [-0.15, -0.1) is 24.0 Å². The van der Waals surface area contributed by atoms with E-state index in [0.717, 1.165) is 36.4 Å². The lowest BCUT2D eigenvalue weighted by Crippen LogP contribution is -2.31. The number of guanidine groups is 1. The second-order valence-corrected chi connectivity index (χ2v) is 7.56. The third-order valence-corrected chi connectivity index (χ3v) is 4.63. The number of nitrogens with two attached hydrogens (primary N) is 1. The number of carbonyl (C=O) groups is 1. The molecule has 4 N–H and O–H groups in total. The van der Waals surface area contributed by atoms with Gasteiger partial charge in [0.1, 0.15) is 5.75 Å². The minimum absolute atomic E-state index is 0. The zero-order valence-corrected chi connectivity index (χ0v) is 20.3. The summed E-state index contributed by atoms with van der Waals surface area (Å²) in [5.74, 6) is 1.01. The highest BCUT2D eigenvalue weighted by molar-refractivity contribution is 14.0. The van der Waals surface area contributed by atoms with Crippen molar-refractivity contribution >= 4 is 41.5 Å². The van der Waals surface area contributed by atoms with Gasteiger partial charge in [0, 0.05) is 24.4 Å². The van der Waals surface area contributed by atoms with Gasteiger partial charge in [-0.3, -0.25) is 4.79 Å². The first-order chi connectivity index (χ1) is 14.5. The third kappa shape index (κ3) is 8.37. The Bertz CT molecular complexity index is 865. The first-order valence-corrected chi connectivity index (χ1v) is 10.3. The number of amides is 1. The van der Waals surface area contributed by atoms with Gasteiger partial charge in [-0.2, -0.15) is 0 Å². The molecule has 0 aromatic heterocycles. The largest absolute Gasteiger partial charge is 0.491 e. The molecule has 1 saturated heterocycles. The highest BCUT2D eigenvalue weighted by Crippen LogP contribution is 2.17. The number of anilines is 1. The predicted molar refractivity (Wildman–Crippen MR) is 134 cm³/mol. The fourth-order valence-electron chi connectivity index (χ4n) is 3.18. The average molecular weight is 538 g/mol. The lowest BCUT2D eigenvalue weighted by atomic mass is 10.1. The minimum atomic E-state index is -0.105.